The van der Waals surface area contributed by atoms with Gasteiger partial charge in [0.2, 0.25) is 5.91 Å². The fraction of sp³-hybridized carbons (Fsp3) is 0.619. The van der Waals surface area contributed by atoms with Gasteiger partial charge in [0, 0.05) is 41.8 Å². The summed E-state index contributed by atoms with van der Waals surface area (Å²) in [7, 11) is 0. The van der Waals surface area contributed by atoms with E-state index in [-0.39, 0.29) is 24.3 Å². The van der Waals surface area contributed by atoms with Crippen molar-refractivity contribution in [3.05, 3.63) is 34.2 Å². The van der Waals surface area contributed by atoms with Crippen LogP contribution in [0.5, 0.6) is 0 Å². The average molecular weight is 441 g/mol. The fourth-order valence-corrected chi connectivity index (χ4v) is 5.14. The maximum absolute atomic E-state index is 13.8. The molecule has 2 aromatic heterocycles. The van der Waals surface area contributed by atoms with Gasteiger partial charge in [-0.2, -0.15) is 18.3 Å². The van der Waals surface area contributed by atoms with Crippen LogP contribution in [0, 0.1) is 5.41 Å². The van der Waals surface area contributed by atoms with Gasteiger partial charge in [0.15, 0.2) is 6.04 Å². The van der Waals surface area contributed by atoms with Crippen LogP contribution in [-0.4, -0.2) is 39.9 Å². The zero-order chi connectivity index (χ0) is 21.7. The zero-order valence-corrected chi connectivity index (χ0v) is 18.2. The standard InChI is InChI=1S/C21H27F3N4OS/c1-20(2,3)19(29)27-8-4-6-13(12-27)14-11-18-25-15(16-7-5-9-30-16)10-17(21(22,23)24)28(18)26-14/h5,7,9,11,13,15,17,25H,4,6,8,10,12H2,1-3H3/t13?,15-,17+/m0/s1. The summed E-state index contributed by atoms with van der Waals surface area (Å²) in [6, 6.07) is 3.41. The van der Waals surface area contributed by atoms with Crippen LogP contribution >= 0.6 is 11.3 Å². The number of fused-ring (bicyclic) bond motifs is 1. The van der Waals surface area contributed by atoms with Crippen LogP contribution in [0.15, 0.2) is 23.6 Å². The third-order valence-electron chi connectivity index (χ3n) is 5.86. The molecule has 1 fully saturated rings. The van der Waals surface area contributed by atoms with Gasteiger partial charge in [0.1, 0.15) is 5.82 Å². The summed E-state index contributed by atoms with van der Waals surface area (Å²) in [6.45, 7) is 6.84. The lowest BCUT2D eigenvalue weighted by Crippen LogP contribution is -2.44. The van der Waals surface area contributed by atoms with Crippen LogP contribution in [0.3, 0.4) is 0 Å². The second-order valence-corrected chi connectivity index (χ2v) is 10.2. The third kappa shape index (κ3) is 4.08. The van der Waals surface area contributed by atoms with Gasteiger partial charge in [-0.3, -0.25) is 4.79 Å². The predicted molar refractivity (Wildman–Crippen MR) is 111 cm³/mol. The molecule has 2 aliphatic heterocycles. The molecule has 3 atom stereocenters. The Hall–Kier alpha value is -2.03. The molecule has 30 heavy (non-hydrogen) atoms. The number of carbonyl (C=O) groups excluding carboxylic acids is 1. The molecular formula is C21H27F3N4OS. The maximum atomic E-state index is 13.8. The number of rotatable bonds is 2. The topological polar surface area (TPSA) is 50.2 Å². The summed E-state index contributed by atoms with van der Waals surface area (Å²) in [5.41, 5.74) is 0.150. The first-order chi connectivity index (χ1) is 14.0. The van der Waals surface area contributed by atoms with Gasteiger partial charge < -0.3 is 10.2 Å². The number of piperidine rings is 1. The summed E-state index contributed by atoms with van der Waals surface area (Å²) < 4.78 is 42.6. The number of halogens is 3. The highest BCUT2D eigenvalue weighted by Crippen LogP contribution is 2.45. The van der Waals surface area contributed by atoms with E-state index >= 15 is 0 Å². The summed E-state index contributed by atoms with van der Waals surface area (Å²) in [5.74, 6) is 0.412. The van der Waals surface area contributed by atoms with Gasteiger partial charge in [-0.25, -0.2) is 4.68 Å². The summed E-state index contributed by atoms with van der Waals surface area (Å²) in [6.07, 6.45) is -2.83. The minimum absolute atomic E-state index is 0.0565. The van der Waals surface area contributed by atoms with E-state index in [9.17, 15) is 18.0 Å². The zero-order valence-electron chi connectivity index (χ0n) is 17.4. The van der Waals surface area contributed by atoms with Gasteiger partial charge in [0.25, 0.3) is 0 Å². The number of anilines is 1. The lowest BCUT2D eigenvalue weighted by atomic mass is 9.90. The Morgan fingerprint density at radius 1 is 1.30 bits per heavy atom. The van der Waals surface area contributed by atoms with Crippen molar-refractivity contribution in [2.24, 2.45) is 5.41 Å². The minimum Gasteiger partial charge on any atom is -0.363 e. The molecule has 0 spiro atoms. The Kier molecular flexibility index (Phi) is 5.36. The predicted octanol–water partition coefficient (Wildman–Crippen LogP) is 5.36. The van der Waals surface area contributed by atoms with Crippen molar-refractivity contribution in [3.8, 4) is 0 Å². The number of nitrogens with zero attached hydrogens (tertiary/aromatic N) is 3. The number of thiophene rings is 1. The summed E-state index contributed by atoms with van der Waals surface area (Å²) in [5, 5.41) is 9.52. The lowest BCUT2D eigenvalue weighted by molar-refractivity contribution is -0.173. The first-order valence-corrected chi connectivity index (χ1v) is 11.2. The van der Waals surface area contributed by atoms with Crippen molar-refractivity contribution in [1.82, 2.24) is 14.7 Å². The number of alkyl halides is 3. The highest BCUT2D eigenvalue weighted by atomic mass is 32.1. The second-order valence-electron chi connectivity index (χ2n) is 9.24. The van der Waals surface area contributed by atoms with Gasteiger partial charge in [-0.1, -0.05) is 26.8 Å². The van der Waals surface area contributed by atoms with Crippen LogP contribution in [0.4, 0.5) is 19.0 Å². The van der Waals surface area contributed by atoms with Gasteiger partial charge in [-0.05, 0) is 24.3 Å². The molecule has 1 N–H and O–H groups in total. The second kappa shape index (κ2) is 7.59. The van der Waals surface area contributed by atoms with E-state index in [1.165, 1.54) is 11.3 Å². The normalized spacial score (nSPS) is 25.0. The molecule has 0 saturated carbocycles. The van der Waals surface area contributed by atoms with E-state index in [1.807, 2.05) is 43.2 Å². The van der Waals surface area contributed by atoms with Crippen molar-refractivity contribution >= 4 is 23.1 Å². The van der Waals surface area contributed by atoms with Crippen LogP contribution in [0.25, 0.3) is 0 Å². The van der Waals surface area contributed by atoms with E-state index in [1.54, 1.807) is 6.07 Å². The number of carbonyl (C=O) groups is 1. The average Bonchev–Trinajstić information content (AvgIpc) is 3.34. The van der Waals surface area contributed by atoms with E-state index in [0.29, 0.717) is 24.6 Å². The van der Waals surface area contributed by atoms with Crippen molar-refractivity contribution in [3.63, 3.8) is 0 Å². The number of hydrogen-bond donors (Lipinski definition) is 1. The molecule has 2 aromatic rings. The highest BCUT2D eigenvalue weighted by Gasteiger charge is 2.47. The molecular weight excluding hydrogens is 413 g/mol. The highest BCUT2D eigenvalue weighted by molar-refractivity contribution is 7.10. The minimum atomic E-state index is -4.38. The quantitative estimate of drug-likeness (QED) is 0.684. The van der Waals surface area contributed by atoms with Crippen LogP contribution in [-0.2, 0) is 4.79 Å². The smallest absolute Gasteiger partial charge is 0.363 e. The molecule has 1 saturated heterocycles. The molecule has 5 nitrogen and oxygen atoms in total. The number of amides is 1. The molecule has 0 radical (unpaired) electrons. The van der Waals surface area contributed by atoms with Gasteiger partial charge in [0.05, 0.1) is 11.7 Å². The van der Waals surface area contributed by atoms with Crippen molar-refractivity contribution in [1.29, 1.82) is 0 Å². The number of hydrogen-bond acceptors (Lipinski definition) is 4. The maximum Gasteiger partial charge on any atom is 0.410 e. The molecule has 0 aliphatic carbocycles. The molecule has 1 amide bonds. The Morgan fingerprint density at radius 3 is 2.70 bits per heavy atom. The summed E-state index contributed by atoms with van der Waals surface area (Å²) in [4.78, 5) is 15.4. The Labute approximate surface area is 178 Å². The Bertz CT molecular complexity index is 900. The Balaban J connectivity index is 1.61. The Morgan fingerprint density at radius 2 is 2.07 bits per heavy atom. The van der Waals surface area contributed by atoms with Crippen molar-refractivity contribution in [2.45, 2.75) is 64.2 Å². The van der Waals surface area contributed by atoms with Crippen molar-refractivity contribution in [2.75, 3.05) is 18.4 Å². The number of nitrogens with one attached hydrogen (secondary N) is 1. The summed E-state index contributed by atoms with van der Waals surface area (Å²) >= 11 is 1.45. The van der Waals surface area contributed by atoms with E-state index in [4.69, 9.17) is 0 Å². The van der Waals surface area contributed by atoms with Gasteiger partial charge >= 0.3 is 6.18 Å². The molecule has 4 rings (SSSR count). The molecule has 9 heteroatoms. The van der Waals surface area contributed by atoms with Crippen LogP contribution in [0.2, 0.25) is 0 Å². The molecule has 2 aliphatic rings. The van der Waals surface area contributed by atoms with Gasteiger partial charge in [-0.15, -0.1) is 11.3 Å². The molecule has 0 aromatic carbocycles. The van der Waals surface area contributed by atoms with E-state index < -0.39 is 17.6 Å². The fourth-order valence-electron chi connectivity index (χ4n) is 4.35. The monoisotopic (exact) mass is 440 g/mol. The van der Waals surface area contributed by atoms with Crippen molar-refractivity contribution < 1.29 is 18.0 Å². The largest absolute Gasteiger partial charge is 0.410 e. The van der Waals surface area contributed by atoms with Crippen LogP contribution < -0.4 is 5.32 Å². The number of likely N-dealkylation sites (tertiary alicyclic amines) is 1. The third-order valence-corrected chi connectivity index (χ3v) is 6.85. The number of aromatic nitrogens is 2. The molecule has 164 valence electrons. The molecule has 4 heterocycles. The SMILES string of the molecule is CC(C)(C)C(=O)N1CCCC(c2cc3n(n2)[C@@H](C(F)(F)F)C[C@@H](c2cccs2)N3)C1. The lowest BCUT2D eigenvalue weighted by Gasteiger charge is -2.36. The molecule has 1 unspecified atom stereocenters. The van der Waals surface area contributed by atoms with E-state index in [2.05, 4.69) is 10.4 Å². The molecule has 0 bridgehead atoms. The first-order valence-electron chi connectivity index (χ1n) is 10.3. The van der Waals surface area contributed by atoms with Crippen LogP contribution in [0.1, 0.15) is 68.6 Å². The first kappa shape index (κ1) is 21.2. The van der Waals surface area contributed by atoms with E-state index in [0.717, 1.165) is 22.4 Å².